The molecule has 1 unspecified atom stereocenters. The minimum atomic E-state index is 0.292. The Labute approximate surface area is 111 Å². The molecule has 1 N–H and O–H groups in total. The lowest BCUT2D eigenvalue weighted by Gasteiger charge is -2.14. The fraction of sp³-hybridized carbons (Fsp3) is 0.200. The Morgan fingerprint density at radius 3 is 2.79 bits per heavy atom. The zero-order chi connectivity index (χ0) is 13.1. The van der Waals surface area contributed by atoms with Crippen LogP contribution >= 0.6 is 0 Å². The number of anilines is 1. The molecule has 3 aromatic rings. The number of aromatic nitrogens is 2. The molecule has 0 aliphatic rings. The van der Waals surface area contributed by atoms with Crippen molar-refractivity contribution in [1.29, 1.82) is 0 Å². The van der Waals surface area contributed by atoms with Gasteiger partial charge in [-0.25, -0.2) is 0 Å². The van der Waals surface area contributed by atoms with Crippen LogP contribution in [0.1, 0.15) is 12.7 Å². The van der Waals surface area contributed by atoms with Gasteiger partial charge in [-0.05, 0) is 37.3 Å². The maximum atomic E-state index is 5.35. The lowest BCUT2D eigenvalue weighted by Crippen LogP contribution is -2.17. The summed E-state index contributed by atoms with van der Waals surface area (Å²) in [5, 5.41) is 3.44. The van der Waals surface area contributed by atoms with Crippen molar-refractivity contribution in [3.05, 3.63) is 54.7 Å². The van der Waals surface area contributed by atoms with Crippen LogP contribution in [0.25, 0.3) is 11.0 Å². The van der Waals surface area contributed by atoms with Crippen molar-refractivity contribution in [2.75, 3.05) is 5.32 Å². The van der Waals surface area contributed by atoms with Gasteiger partial charge in [0.15, 0.2) is 0 Å². The van der Waals surface area contributed by atoms with Gasteiger partial charge < -0.3 is 9.73 Å². The van der Waals surface area contributed by atoms with Gasteiger partial charge in [-0.3, -0.25) is 9.97 Å². The standard InChI is InChI=1S/C15H15N3O/c1-11(9-13-3-2-8-19-13)18-12-4-5-14-15(10-12)17-7-6-16-14/h2-8,10-11,18H,9H2,1H3. The van der Waals surface area contributed by atoms with E-state index >= 15 is 0 Å². The molecule has 0 fully saturated rings. The summed E-state index contributed by atoms with van der Waals surface area (Å²) in [6.07, 6.45) is 5.96. The average molecular weight is 253 g/mol. The highest BCUT2D eigenvalue weighted by atomic mass is 16.3. The predicted molar refractivity (Wildman–Crippen MR) is 75.0 cm³/mol. The average Bonchev–Trinajstić information content (AvgIpc) is 2.91. The molecule has 4 nitrogen and oxygen atoms in total. The summed E-state index contributed by atoms with van der Waals surface area (Å²) in [5.74, 6) is 0.987. The van der Waals surface area contributed by atoms with Crippen molar-refractivity contribution in [2.24, 2.45) is 0 Å². The zero-order valence-electron chi connectivity index (χ0n) is 10.7. The van der Waals surface area contributed by atoms with Crippen molar-refractivity contribution in [3.8, 4) is 0 Å². The molecule has 1 atom stereocenters. The number of hydrogen-bond donors (Lipinski definition) is 1. The van der Waals surface area contributed by atoms with Crippen LogP contribution in [0.4, 0.5) is 5.69 Å². The number of rotatable bonds is 4. The Balaban J connectivity index is 1.73. The van der Waals surface area contributed by atoms with Crippen LogP contribution in [0.3, 0.4) is 0 Å². The summed E-state index contributed by atoms with van der Waals surface area (Å²) in [7, 11) is 0. The Morgan fingerprint density at radius 1 is 1.16 bits per heavy atom. The molecule has 0 aliphatic heterocycles. The van der Waals surface area contributed by atoms with Gasteiger partial charge in [0.25, 0.3) is 0 Å². The molecule has 0 radical (unpaired) electrons. The van der Waals surface area contributed by atoms with E-state index in [-0.39, 0.29) is 0 Å². The largest absolute Gasteiger partial charge is 0.469 e. The Kier molecular flexibility index (Phi) is 3.14. The fourth-order valence-electron chi connectivity index (χ4n) is 2.12. The van der Waals surface area contributed by atoms with Crippen molar-refractivity contribution in [2.45, 2.75) is 19.4 Å². The summed E-state index contributed by atoms with van der Waals surface area (Å²) < 4.78 is 5.35. The summed E-state index contributed by atoms with van der Waals surface area (Å²) in [6, 6.07) is 10.2. The van der Waals surface area contributed by atoms with E-state index in [2.05, 4.69) is 22.2 Å². The SMILES string of the molecule is CC(Cc1ccco1)Nc1ccc2nccnc2c1. The van der Waals surface area contributed by atoms with Crippen LogP contribution in [0.5, 0.6) is 0 Å². The quantitative estimate of drug-likeness (QED) is 0.775. The van der Waals surface area contributed by atoms with E-state index in [1.807, 2.05) is 30.3 Å². The molecule has 0 saturated carbocycles. The first-order valence-electron chi connectivity index (χ1n) is 6.31. The van der Waals surface area contributed by atoms with Crippen LogP contribution in [0, 0.1) is 0 Å². The van der Waals surface area contributed by atoms with Crippen LogP contribution in [0.2, 0.25) is 0 Å². The molecule has 3 rings (SSSR count). The van der Waals surface area contributed by atoms with Crippen molar-refractivity contribution >= 4 is 16.7 Å². The zero-order valence-corrected chi connectivity index (χ0v) is 10.7. The lowest BCUT2D eigenvalue weighted by atomic mass is 10.2. The van der Waals surface area contributed by atoms with E-state index in [4.69, 9.17) is 4.42 Å². The number of furan rings is 1. The molecule has 2 aromatic heterocycles. The summed E-state index contributed by atoms with van der Waals surface area (Å²) in [4.78, 5) is 8.56. The molecular formula is C15H15N3O. The van der Waals surface area contributed by atoms with Gasteiger partial charge in [0, 0.05) is 30.5 Å². The molecule has 96 valence electrons. The Morgan fingerprint density at radius 2 is 2.00 bits per heavy atom. The monoisotopic (exact) mass is 253 g/mol. The van der Waals surface area contributed by atoms with E-state index < -0.39 is 0 Å². The Bertz CT molecular complexity index is 664. The summed E-state index contributed by atoms with van der Waals surface area (Å²) in [6.45, 7) is 2.13. The van der Waals surface area contributed by atoms with Gasteiger partial charge in [-0.15, -0.1) is 0 Å². The molecule has 0 aliphatic carbocycles. The van der Waals surface area contributed by atoms with Gasteiger partial charge in [0.2, 0.25) is 0 Å². The fourth-order valence-corrected chi connectivity index (χ4v) is 2.12. The van der Waals surface area contributed by atoms with Gasteiger partial charge in [-0.1, -0.05) is 0 Å². The molecule has 0 saturated heterocycles. The first-order chi connectivity index (χ1) is 9.31. The third-order valence-electron chi connectivity index (χ3n) is 2.97. The maximum absolute atomic E-state index is 5.35. The number of hydrogen-bond acceptors (Lipinski definition) is 4. The van der Waals surface area contributed by atoms with Crippen LogP contribution in [-0.4, -0.2) is 16.0 Å². The maximum Gasteiger partial charge on any atom is 0.105 e. The first kappa shape index (κ1) is 11.7. The first-order valence-corrected chi connectivity index (χ1v) is 6.31. The van der Waals surface area contributed by atoms with E-state index in [1.165, 1.54) is 0 Å². The van der Waals surface area contributed by atoms with Gasteiger partial charge >= 0.3 is 0 Å². The third kappa shape index (κ3) is 2.73. The van der Waals surface area contributed by atoms with Gasteiger partial charge in [-0.2, -0.15) is 0 Å². The van der Waals surface area contributed by atoms with E-state index in [1.54, 1.807) is 18.7 Å². The normalized spacial score (nSPS) is 12.5. The molecule has 0 amide bonds. The molecule has 0 spiro atoms. The molecule has 0 bridgehead atoms. The highest BCUT2D eigenvalue weighted by molar-refractivity contribution is 5.78. The van der Waals surface area contributed by atoms with Crippen molar-refractivity contribution in [3.63, 3.8) is 0 Å². The number of benzene rings is 1. The lowest BCUT2D eigenvalue weighted by molar-refractivity contribution is 0.498. The number of nitrogens with one attached hydrogen (secondary N) is 1. The number of nitrogens with zero attached hydrogens (tertiary/aromatic N) is 2. The van der Waals surface area contributed by atoms with Gasteiger partial charge in [0.05, 0.1) is 17.3 Å². The number of fused-ring (bicyclic) bond motifs is 1. The minimum Gasteiger partial charge on any atom is -0.469 e. The summed E-state index contributed by atoms with van der Waals surface area (Å²) in [5.41, 5.74) is 2.86. The highest BCUT2D eigenvalue weighted by Crippen LogP contribution is 2.17. The predicted octanol–water partition coefficient (Wildman–Crippen LogP) is 3.27. The molecule has 19 heavy (non-hydrogen) atoms. The molecular weight excluding hydrogens is 238 g/mol. The smallest absolute Gasteiger partial charge is 0.105 e. The molecule has 4 heteroatoms. The van der Waals surface area contributed by atoms with Crippen LogP contribution in [0.15, 0.2) is 53.4 Å². The third-order valence-corrected chi connectivity index (χ3v) is 2.97. The Hall–Kier alpha value is -2.36. The second-order valence-corrected chi connectivity index (χ2v) is 4.59. The van der Waals surface area contributed by atoms with Crippen LogP contribution < -0.4 is 5.32 Å². The van der Waals surface area contributed by atoms with E-state index in [9.17, 15) is 0 Å². The highest BCUT2D eigenvalue weighted by Gasteiger charge is 2.06. The summed E-state index contributed by atoms with van der Waals surface area (Å²) >= 11 is 0. The molecule has 2 heterocycles. The topological polar surface area (TPSA) is 51.0 Å². The molecule has 1 aromatic carbocycles. The van der Waals surface area contributed by atoms with Crippen molar-refractivity contribution < 1.29 is 4.42 Å². The van der Waals surface area contributed by atoms with E-state index in [0.29, 0.717) is 6.04 Å². The second-order valence-electron chi connectivity index (χ2n) is 4.59. The minimum absolute atomic E-state index is 0.292. The second kappa shape index (κ2) is 5.10. The van der Waals surface area contributed by atoms with Crippen LogP contribution in [-0.2, 0) is 6.42 Å². The van der Waals surface area contributed by atoms with Crippen molar-refractivity contribution in [1.82, 2.24) is 9.97 Å². The van der Waals surface area contributed by atoms with Gasteiger partial charge in [0.1, 0.15) is 5.76 Å². The van der Waals surface area contributed by atoms with E-state index in [0.717, 1.165) is 28.9 Å².